The average Bonchev–Trinajstić information content (AvgIpc) is 2.75. The Bertz CT molecular complexity index is 675. The molecule has 0 radical (unpaired) electrons. The van der Waals surface area contributed by atoms with Crippen LogP contribution < -0.4 is 0 Å². The predicted octanol–water partition coefficient (Wildman–Crippen LogP) is 3.87. The Kier molecular flexibility index (Phi) is 3.70. The SMILES string of the molecule is Cc1nc2c(C(=O)O)cccc2n1CC1CCCC(C)C1. The number of aromatic nitrogens is 2. The Labute approximate surface area is 124 Å². The maximum Gasteiger partial charge on any atom is 0.337 e. The minimum atomic E-state index is -0.906. The van der Waals surface area contributed by atoms with E-state index < -0.39 is 5.97 Å². The molecule has 0 amide bonds. The zero-order valence-corrected chi connectivity index (χ0v) is 12.7. The summed E-state index contributed by atoms with van der Waals surface area (Å²) >= 11 is 0. The lowest BCUT2D eigenvalue weighted by molar-refractivity contribution is 0.0699. The summed E-state index contributed by atoms with van der Waals surface area (Å²) in [4.78, 5) is 15.8. The van der Waals surface area contributed by atoms with E-state index >= 15 is 0 Å². The summed E-state index contributed by atoms with van der Waals surface area (Å²) in [5.41, 5.74) is 1.86. The molecule has 1 aromatic heterocycles. The van der Waals surface area contributed by atoms with Crippen molar-refractivity contribution in [3.8, 4) is 0 Å². The predicted molar refractivity (Wildman–Crippen MR) is 82.6 cm³/mol. The number of nitrogens with zero attached hydrogens (tertiary/aromatic N) is 2. The van der Waals surface area contributed by atoms with Crippen LogP contribution in [0.1, 0.15) is 48.8 Å². The van der Waals surface area contributed by atoms with E-state index in [-0.39, 0.29) is 0 Å². The summed E-state index contributed by atoms with van der Waals surface area (Å²) in [6.07, 6.45) is 5.17. The Morgan fingerprint density at radius 2 is 2.24 bits per heavy atom. The molecule has 4 heteroatoms. The van der Waals surface area contributed by atoms with E-state index in [1.54, 1.807) is 6.07 Å². The molecule has 3 rings (SSSR count). The lowest BCUT2D eigenvalue weighted by atomic mass is 9.82. The highest BCUT2D eigenvalue weighted by Crippen LogP contribution is 2.31. The Balaban J connectivity index is 1.97. The summed E-state index contributed by atoms with van der Waals surface area (Å²) in [6.45, 7) is 5.25. The number of hydrogen-bond donors (Lipinski definition) is 1. The van der Waals surface area contributed by atoms with Gasteiger partial charge in [0.05, 0.1) is 11.1 Å². The van der Waals surface area contributed by atoms with Gasteiger partial charge in [0, 0.05) is 6.54 Å². The molecule has 0 aliphatic heterocycles. The van der Waals surface area contributed by atoms with E-state index in [9.17, 15) is 9.90 Å². The molecular formula is C17H22N2O2. The second-order valence-corrected chi connectivity index (χ2v) is 6.39. The van der Waals surface area contributed by atoms with Gasteiger partial charge >= 0.3 is 5.97 Å². The molecule has 0 spiro atoms. The van der Waals surface area contributed by atoms with Crippen molar-refractivity contribution in [2.45, 2.75) is 46.1 Å². The summed E-state index contributed by atoms with van der Waals surface area (Å²) in [7, 11) is 0. The largest absolute Gasteiger partial charge is 0.478 e. The van der Waals surface area contributed by atoms with Crippen LogP contribution in [0.4, 0.5) is 0 Å². The van der Waals surface area contributed by atoms with Gasteiger partial charge in [-0.2, -0.15) is 0 Å². The molecule has 2 atom stereocenters. The third-order valence-corrected chi connectivity index (χ3v) is 4.69. The zero-order valence-electron chi connectivity index (χ0n) is 12.7. The van der Waals surface area contributed by atoms with Gasteiger partial charge in [0.25, 0.3) is 0 Å². The van der Waals surface area contributed by atoms with Crippen LogP contribution in [0.5, 0.6) is 0 Å². The molecule has 1 saturated carbocycles. The Morgan fingerprint density at radius 1 is 1.43 bits per heavy atom. The van der Waals surface area contributed by atoms with Crippen molar-refractivity contribution < 1.29 is 9.90 Å². The van der Waals surface area contributed by atoms with E-state index in [2.05, 4.69) is 16.5 Å². The third-order valence-electron chi connectivity index (χ3n) is 4.69. The van der Waals surface area contributed by atoms with Gasteiger partial charge < -0.3 is 9.67 Å². The molecule has 1 aliphatic rings. The van der Waals surface area contributed by atoms with E-state index in [0.717, 1.165) is 23.8 Å². The van der Waals surface area contributed by atoms with Gasteiger partial charge in [-0.05, 0) is 43.7 Å². The highest BCUT2D eigenvalue weighted by molar-refractivity contribution is 6.01. The average molecular weight is 286 g/mol. The number of aromatic carboxylic acids is 1. The second-order valence-electron chi connectivity index (χ2n) is 6.39. The van der Waals surface area contributed by atoms with Gasteiger partial charge in [0.15, 0.2) is 0 Å². The first-order chi connectivity index (χ1) is 10.1. The first-order valence-electron chi connectivity index (χ1n) is 7.75. The molecule has 1 aliphatic carbocycles. The Morgan fingerprint density at radius 3 is 2.95 bits per heavy atom. The Hall–Kier alpha value is -1.84. The van der Waals surface area contributed by atoms with E-state index in [4.69, 9.17) is 0 Å². The smallest absolute Gasteiger partial charge is 0.337 e. The molecule has 4 nitrogen and oxygen atoms in total. The lowest BCUT2D eigenvalue weighted by Gasteiger charge is -2.27. The molecule has 112 valence electrons. The van der Waals surface area contributed by atoms with Crippen LogP contribution in [-0.4, -0.2) is 20.6 Å². The summed E-state index contributed by atoms with van der Waals surface area (Å²) < 4.78 is 2.20. The fourth-order valence-corrected chi connectivity index (χ4v) is 3.65. The molecule has 1 aromatic carbocycles. The van der Waals surface area contributed by atoms with Crippen molar-refractivity contribution in [3.63, 3.8) is 0 Å². The first-order valence-corrected chi connectivity index (χ1v) is 7.75. The van der Waals surface area contributed by atoms with E-state index in [1.165, 1.54) is 25.7 Å². The highest BCUT2D eigenvalue weighted by Gasteiger charge is 2.22. The lowest BCUT2D eigenvalue weighted by Crippen LogP contribution is -2.19. The number of rotatable bonds is 3. The number of carboxylic acids is 1. The standard InChI is InChI=1S/C17H22N2O2/c1-11-5-3-6-13(9-11)10-19-12(2)18-16-14(17(20)21)7-4-8-15(16)19/h4,7-8,11,13H,3,5-6,9-10H2,1-2H3,(H,20,21). The molecule has 1 heterocycles. The van der Waals surface area contributed by atoms with Crippen molar-refractivity contribution in [2.75, 3.05) is 0 Å². The van der Waals surface area contributed by atoms with Crippen LogP contribution in [0.3, 0.4) is 0 Å². The molecule has 1 fully saturated rings. The summed E-state index contributed by atoms with van der Waals surface area (Å²) in [5.74, 6) is 1.49. The van der Waals surface area contributed by atoms with Crippen molar-refractivity contribution in [3.05, 3.63) is 29.6 Å². The van der Waals surface area contributed by atoms with Crippen molar-refractivity contribution in [1.82, 2.24) is 9.55 Å². The van der Waals surface area contributed by atoms with Gasteiger partial charge in [0.1, 0.15) is 11.3 Å². The van der Waals surface area contributed by atoms with Crippen LogP contribution in [0.25, 0.3) is 11.0 Å². The van der Waals surface area contributed by atoms with Gasteiger partial charge in [-0.1, -0.05) is 25.8 Å². The number of hydrogen-bond acceptors (Lipinski definition) is 2. The molecule has 1 N–H and O–H groups in total. The van der Waals surface area contributed by atoms with Crippen molar-refractivity contribution in [1.29, 1.82) is 0 Å². The van der Waals surface area contributed by atoms with Gasteiger partial charge in [-0.25, -0.2) is 9.78 Å². The normalized spacial score (nSPS) is 22.6. The zero-order chi connectivity index (χ0) is 15.0. The number of benzene rings is 1. The fourth-order valence-electron chi connectivity index (χ4n) is 3.65. The topological polar surface area (TPSA) is 55.1 Å². The maximum atomic E-state index is 11.3. The molecule has 0 saturated heterocycles. The number of para-hydroxylation sites is 1. The number of aryl methyl sites for hydroxylation is 1. The molecule has 2 aromatic rings. The minimum Gasteiger partial charge on any atom is -0.478 e. The number of imidazole rings is 1. The molecule has 2 unspecified atom stereocenters. The molecule has 0 bridgehead atoms. The van der Waals surface area contributed by atoms with Gasteiger partial charge in [0.2, 0.25) is 0 Å². The quantitative estimate of drug-likeness (QED) is 0.931. The first kappa shape index (κ1) is 14.1. The molecular weight excluding hydrogens is 264 g/mol. The number of carboxylic acid groups (broad SMARTS) is 1. The van der Waals surface area contributed by atoms with Crippen LogP contribution in [0.15, 0.2) is 18.2 Å². The van der Waals surface area contributed by atoms with E-state index in [1.807, 2.05) is 19.1 Å². The van der Waals surface area contributed by atoms with Gasteiger partial charge in [-0.3, -0.25) is 0 Å². The van der Waals surface area contributed by atoms with E-state index in [0.29, 0.717) is 17.0 Å². The summed E-state index contributed by atoms with van der Waals surface area (Å²) in [6, 6.07) is 5.42. The third kappa shape index (κ3) is 2.67. The highest BCUT2D eigenvalue weighted by atomic mass is 16.4. The second kappa shape index (κ2) is 5.51. The number of carbonyl (C=O) groups is 1. The number of fused-ring (bicyclic) bond motifs is 1. The minimum absolute atomic E-state index is 0.298. The molecule has 21 heavy (non-hydrogen) atoms. The fraction of sp³-hybridized carbons (Fsp3) is 0.529. The van der Waals surface area contributed by atoms with Crippen LogP contribution in [-0.2, 0) is 6.54 Å². The monoisotopic (exact) mass is 286 g/mol. The van der Waals surface area contributed by atoms with Crippen LogP contribution in [0, 0.1) is 18.8 Å². The van der Waals surface area contributed by atoms with Crippen molar-refractivity contribution >= 4 is 17.0 Å². The van der Waals surface area contributed by atoms with Crippen LogP contribution in [0.2, 0.25) is 0 Å². The maximum absolute atomic E-state index is 11.3. The van der Waals surface area contributed by atoms with Crippen LogP contribution >= 0.6 is 0 Å². The van der Waals surface area contributed by atoms with Gasteiger partial charge in [-0.15, -0.1) is 0 Å². The summed E-state index contributed by atoms with van der Waals surface area (Å²) in [5, 5.41) is 9.29. The van der Waals surface area contributed by atoms with Crippen molar-refractivity contribution in [2.24, 2.45) is 11.8 Å².